The fourth-order valence-corrected chi connectivity index (χ4v) is 2.31. The molecule has 0 amide bonds. The maximum Gasteiger partial charge on any atom is 0.163 e. The number of nitriles is 1. The Morgan fingerprint density at radius 3 is 3.00 bits per heavy atom. The molecule has 0 saturated heterocycles. The molecule has 96 valence electrons. The van der Waals surface area contributed by atoms with Crippen molar-refractivity contribution in [3.63, 3.8) is 0 Å². The Bertz CT molecular complexity index is 458. The summed E-state index contributed by atoms with van der Waals surface area (Å²) in [6.07, 6.45) is 1.54. The first-order chi connectivity index (χ1) is 8.52. The Labute approximate surface area is 115 Å². The first kappa shape index (κ1) is 14.5. The SMILES string of the molecule is CC(CSC(C#N)c1nccc(N)n1)NC(N)=S. The van der Waals surface area contributed by atoms with Crippen LogP contribution in [-0.2, 0) is 0 Å². The summed E-state index contributed by atoms with van der Waals surface area (Å²) in [5.74, 6) is 1.44. The van der Waals surface area contributed by atoms with Gasteiger partial charge < -0.3 is 16.8 Å². The number of thioether (sulfide) groups is 1. The molecule has 5 N–H and O–H groups in total. The number of hydrogen-bond acceptors (Lipinski definition) is 6. The summed E-state index contributed by atoms with van der Waals surface area (Å²) in [7, 11) is 0. The fraction of sp³-hybridized carbons (Fsp3) is 0.400. The van der Waals surface area contributed by atoms with E-state index in [2.05, 4.69) is 21.4 Å². The van der Waals surface area contributed by atoms with Gasteiger partial charge in [-0.3, -0.25) is 0 Å². The Balaban J connectivity index is 2.58. The zero-order valence-corrected chi connectivity index (χ0v) is 11.5. The Kier molecular flexibility index (Phi) is 5.61. The number of nitrogens with zero attached hydrogens (tertiary/aromatic N) is 3. The van der Waals surface area contributed by atoms with Crippen LogP contribution in [0.3, 0.4) is 0 Å². The molecule has 0 saturated carbocycles. The average Bonchev–Trinajstić information content (AvgIpc) is 2.29. The van der Waals surface area contributed by atoms with Gasteiger partial charge in [0.2, 0.25) is 0 Å². The molecule has 2 unspecified atom stereocenters. The standard InChI is InChI=1S/C10H14N6S2/c1-6(15-10(13)17)5-18-7(4-11)9-14-3-2-8(12)16-9/h2-3,6-7H,5H2,1H3,(H2,12,14,16)(H3,13,15,17). The summed E-state index contributed by atoms with van der Waals surface area (Å²) in [4.78, 5) is 8.08. The van der Waals surface area contributed by atoms with Crippen molar-refractivity contribution >= 4 is 34.9 Å². The summed E-state index contributed by atoms with van der Waals surface area (Å²) in [6, 6.07) is 3.80. The van der Waals surface area contributed by atoms with Gasteiger partial charge in [0.05, 0.1) is 6.07 Å². The monoisotopic (exact) mass is 282 g/mol. The maximum absolute atomic E-state index is 9.10. The number of nitrogens with one attached hydrogen (secondary N) is 1. The second kappa shape index (κ2) is 6.98. The largest absolute Gasteiger partial charge is 0.384 e. The number of nitrogens with two attached hydrogens (primary N) is 2. The van der Waals surface area contributed by atoms with E-state index in [1.165, 1.54) is 11.8 Å². The van der Waals surface area contributed by atoms with Gasteiger partial charge >= 0.3 is 0 Å². The highest BCUT2D eigenvalue weighted by Crippen LogP contribution is 2.26. The van der Waals surface area contributed by atoms with Gasteiger partial charge in [-0.2, -0.15) is 5.26 Å². The van der Waals surface area contributed by atoms with Crippen LogP contribution in [0.1, 0.15) is 18.0 Å². The van der Waals surface area contributed by atoms with Crippen molar-refractivity contribution in [2.75, 3.05) is 11.5 Å². The van der Waals surface area contributed by atoms with Crippen LogP contribution in [0.4, 0.5) is 5.82 Å². The third-order valence-electron chi connectivity index (χ3n) is 1.95. The summed E-state index contributed by atoms with van der Waals surface area (Å²) < 4.78 is 0. The van der Waals surface area contributed by atoms with Crippen LogP contribution < -0.4 is 16.8 Å². The van der Waals surface area contributed by atoms with Gasteiger partial charge in [-0.05, 0) is 25.2 Å². The molecule has 0 spiro atoms. The van der Waals surface area contributed by atoms with Gasteiger partial charge in [-0.1, -0.05) is 0 Å². The lowest BCUT2D eigenvalue weighted by molar-refractivity contribution is 0.745. The summed E-state index contributed by atoms with van der Waals surface area (Å²) in [5.41, 5.74) is 10.9. The topological polar surface area (TPSA) is 114 Å². The van der Waals surface area contributed by atoms with Gasteiger partial charge in [-0.15, -0.1) is 11.8 Å². The van der Waals surface area contributed by atoms with E-state index in [-0.39, 0.29) is 11.2 Å². The fourth-order valence-electron chi connectivity index (χ4n) is 1.21. The van der Waals surface area contributed by atoms with E-state index < -0.39 is 5.25 Å². The van der Waals surface area contributed by atoms with Crippen molar-refractivity contribution < 1.29 is 0 Å². The molecule has 0 radical (unpaired) electrons. The second-order valence-corrected chi connectivity index (χ2v) is 5.17. The van der Waals surface area contributed by atoms with Crippen molar-refractivity contribution in [1.82, 2.24) is 15.3 Å². The predicted octanol–water partition coefficient (Wildman–Crippen LogP) is 0.578. The van der Waals surface area contributed by atoms with Crippen LogP contribution in [0.2, 0.25) is 0 Å². The van der Waals surface area contributed by atoms with Crippen molar-refractivity contribution in [2.24, 2.45) is 5.73 Å². The highest BCUT2D eigenvalue weighted by Gasteiger charge is 2.16. The number of hydrogen-bond donors (Lipinski definition) is 3. The highest BCUT2D eigenvalue weighted by molar-refractivity contribution is 7.99. The molecule has 1 aromatic rings. The smallest absolute Gasteiger partial charge is 0.163 e. The molecule has 0 aliphatic heterocycles. The lowest BCUT2D eigenvalue weighted by Gasteiger charge is -2.14. The third-order valence-corrected chi connectivity index (χ3v) is 3.41. The summed E-state index contributed by atoms with van der Waals surface area (Å²) in [6.45, 7) is 1.93. The Morgan fingerprint density at radius 2 is 2.44 bits per heavy atom. The minimum absolute atomic E-state index is 0.0735. The minimum Gasteiger partial charge on any atom is -0.384 e. The number of rotatable bonds is 5. The van der Waals surface area contributed by atoms with E-state index in [9.17, 15) is 0 Å². The summed E-state index contributed by atoms with van der Waals surface area (Å²) in [5, 5.41) is 11.8. The number of anilines is 1. The van der Waals surface area contributed by atoms with E-state index in [1.807, 2.05) is 6.92 Å². The maximum atomic E-state index is 9.10. The van der Waals surface area contributed by atoms with Crippen molar-refractivity contribution in [3.8, 4) is 6.07 Å². The predicted molar refractivity (Wildman–Crippen MR) is 76.6 cm³/mol. The molecular formula is C10H14N6S2. The summed E-state index contributed by atoms with van der Waals surface area (Å²) >= 11 is 6.16. The van der Waals surface area contributed by atoms with E-state index in [1.54, 1.807) is 12.3 Å². The Morgan fingerprint density at radius 1 is 1.72 bits per heavy atom. The minimum atomic E-state index is -0.455. The zero-order chi connectivity index (χ0) is 13.5. The molecule has 8 heteroatoms. The first-order valence-electron chi connectivity index (χ1n) is 5.18. The van der Waals surface area contributed by atoms with Crippen LogP contribution in [0.25, 0.3) is 0 Å². The normalized spacial score (nSPS) is 13.3. The molecular weight excluding hydrogens is 268 g/mol. The van der Waals surface area contributed by atoms with Gasteiger partial charge in [0.25, 0.3) is 0 Å². The van der Waals surface area contributed by atoms with Gasteiger partial charge in [-0.25, -0.2) is 9.97 Å². The molecule has 0 aliphatic carbocycles. The molecule has 6 nitrogen and oxygen atoms in total. The number of nitrogen functional groups attached to an aromatic ring is 1. The molecule has 1 heterocycles. The van der Waals surface area contributed by atoms with Crippen molar-refractivity contribution in [3.05, 3.63) is 18.1 Å². The zero-order valence-electron chi connectivity index (χ0n) is 9.83. The molecule has 2 atom stereocenters. The molecule has 0 aromatic carbocycles. The highest BCUT2D eigenvalue weighted by atomic mass is 32.2. The first-order valence-corrected chi connectivity index (χ1v) is 6.64. The van der Waals surface area contributed by atoms with Crippen LogP contribution in [-0.4, -0.2) is 26.9 Å². The molecule has 0 bridgehead atoms. The van der Waals surface area contributed by atoms with Crippen LogP contribution >= 0.6 is 24.0 Å². The Hall–Kier alpha value is -1.59. The van der Waals surface area contributed by atoms with E-state index in [0.717, 1.165) is 0 Å². The lowest BCUT2D eigenvalue weighted by atomic mass is 10.4. The number of aromatic nitrogens is 2. The van der Waals surface area contributed by atoms with Crippen molar-refractivity contribution in [1.29, 1.82) is 5.26 Å². The lowest BCUT2D eigenvalue weighted by Crippen LogP contribution is -2.38. The third kappa shape index (κ3) is 4.73. The van der Waals surface area contributed by atoms with Crippen LogP contribution in [0.5, 0.6) is 0 Å². The van der Waals surface area contributed by atoms with E-state index in [4.69, 9.17) is 28.9 Å². The van der Waals surface area contributed by atoms with Crippen LogP contribution in [0, 0.1) is 11.3 Å². The molecule has 0 aliphatic rings. The van der Waals surface area contributed by atoms with Gasteiger partial charge in [0.1, 0.15) is 5.82 Å². The van der Waals surface area contributed by atoms with Crippen LogP contribution in [0.15, 0.2) is 12.3 Å². The second-order valence-electron chi connectivity index (χ2n) is 3.59. The molecule has 1 rings (SSSR count). The van der Waals surface area contributed by atoms with E-state index in [0.29, 0.717) is 17.4 Å². The average molecular weight is 282 g/mol. The molecule has 0 fully saturated rings. The quantitative estimate of drug-likeness (QED) is 0.672. The molecule has 18 heavy (non-hydrogen) atoms. The molecule has 1 aromatic heterocycles. The van der Waals surface area contributed by atoms with Crippen molar-refractivity contribution in [2.45, 2.75) is 18.2 Å². The van der Waals surface area contributed by atoms with Gasteiger partial charge in [0.15, 0.2) is 16.2 Å². The van der Waals surface area contributed by atoms with E-state index >= 15 is 0 Å². The number of thiocarbonyl (C=S) groups is 1. The van der Waals surface area contributed by atoms with Gasteiger partial charge in [0, 0.05) is 18.0 Å².